The van der Waals surface area contributed by atoms with Gasteiger partial charge in [-0.25, -0.2) is 4.79 Å². The van der Waals surface area contributed by atoms with Crippen LogP contribution in [-0.2, 0) is 29.4 Å². The van der Waals surface area contributed by atoms with E-state index in [1.165, 1.54) is 35.0 Å². The van der Waals surface area contributed by atoms with Gasteiger partial charge < -0.3 is 25.0 Å². The maximum Gasteiger partial charge on any atom is 0.319 e. The van der Waals surface area contributed by atoms with Crippen LogP contribution in [0.4, 0.5) is 10.5 Å². The van der Waals surface area contributed by atoms with Crippen molar-refractivity contribution in [1.29, 1.82) is 0 Å². The van der Waals surface area contributed by atoms with Gasteiger partial charge in [-0.3, -0.25) is 9.59 Å². The standard InChI is InChI=1S/C27H31N3O5/c1-4-19-10-6-7-11-20(19)15-18-9-8-12-21(16-18)22(17-24(32)35-5-2)28-27(34)29-25-23(31)13-14-30(3)26(25)33/h6-14,16,22,31H,4-5,15,17H2,1-3H3,(H2,28,29,34)/t22-/m0/s1. The predicted molar refractivity (Wildman–Crippen MR) is 135 cm³/mol. The molecular weight excluding hydrogens is 446 g/mol. The van der Waals surface area contributed by atoms with Gasteiger partial charge in [-0.1, -0.05) is 55.5 Å². The Bertz CT molecular complexity index is 1250. The van der Waals surface area contributed by atoms with Crippen molar-refractivity contribution in [2.45, 2.75) is 39.2 Å². The van der Waals surface area contributed by atoms with Crippen molar-refractivity contribution in [1.82, 2.24) is 9.88 Å². The average molecular weight is 478 g/mol. The molecule has 3 N–H and O–H groups in total. The van der Waals surface area contributed by atoms with Gasteiger partial charge in [-0.05, 0) is 48.1 Å². The lowest BCUT2D eigenvalue weighted by Crippen LogP contribution is -2.36. The van der Waals surface area contributed by atoms with Crippen molar-refractivity contribution in [2.75, 3.05) is 11.9 Å². The predicted octanol–water partition coefficient (Wildman–Crippen LogP) is 4.06. The highest BCUT2D eigenvalue weighted by atomic mass is 16.5. The number of pyridine rings is 1. The lowest BCUT2D eigenvalue weighted by molar-refractivity contribution is -0.143. The summed E-state index contributed by atoms with van der Waals surface area (Å²) in [4.78, 5) is 37.4. The topological polar surface area (TPSA) is 110 Å². The van der Waals surface area contributed by atoms with E-state index in [1.54, 1.807) is 6.92 Å². The second-order valence-corrected chi connectivity index (χ2v) is 8.20. The minimum absolute atomic E-state index is 0.0883. The van der Waals surface area contributed by atoms with E-state index >= 15 is 0 Å². The average Bonchev–Trinajstić information content (AvgIpc) is 2.84. The Labute approximate surface area is 204 Å². The summed E-state index contributed by atoms with van der Waals surface area (Å²) in [7, 11) is 1.51. The summed E-state index contributed by atoms with van der Waals surface area (Å²) in [5, 5.41) is 15.2. The number of benzene rings is 2. The minimum Gasteiger partial charge on any atom is -0.505 e. The van der Waals surface area contributed by atoms with Crippen molar-refractivity contribution in [2.24, 2.45) is 7.05 Å². The molecule has 1 heterocycles. The number of anilines is 1. The van der Waals surface area contributed by atoms with Gasteiger partial charge in [0, 0.05) is 13.2 Å². The molecule has 35 heavy (non-hydrogen) atoms. The summed E-state index contributed by atoms with van der Waals surface area (Å²) in [6.07, 6.45) is 2.94. The van der Waals surface area contributed by atoms with Crippen LogP contribution < -0.4 is 16.2 Å². The number of aromatic nitrogens is 1. The molecule has 0 saturated heterocycles. The molecule has 8 heteroatoms. The fraction of sp³-hybridized carbons (Fsp3) is 0.296. The van der Waals surface area contributed by atoms with E-state index in [1.807, 2.05) is 36.4 Å². The number of hydrogen-bond acceptors (Lipinski definition) is 5. The third-order valence-corrected chi connectivity index (χ3v) is 5.71. The minimum atomic E-state index is -0.723. The third-order valence-electron chi connectivity index (χ3n) is 5.71. The summed E-state index contributed by atoms with van der Waals surface area (Å²) in [6.45, 7) is 4.05. The molecule has 2 aromatic carbocycles. The van der Waals surface area contributed by atoms with Crippen LogP contribution in [-0.4, -0.2) is 28.3 Å². The number of esters is 1. The highest BCUT2D eigenvalue weighted by Gasteiger charge is 2.21. The third kappa shape index (κ3) is 6.72. The van der Waals surface area contributed by atoms with E-state index in [0.717, 1.165) is 17.5 Å². The fourth-order valence-corrected chi connectivity index (χ4v) is 3.90. The number of rotatable bonds is 9. The second kappa shape index (κ2) is 11.9. The first-order chi connectivity index (χ1) is 16.8. The molecule has 0 fully saturated rings. The Morgan fingerprint density at radius 1 is 1.06 bits per heavy atom. The molecular formula is C27H31N3O5. The summed E-state index contributed by atoms with van der Waals surface area (Å²) in [5.41, 5.74) is 3.45. The Morgan fingerprint density at radius 2 is 1.80 bits per heavy atom. The van der Waals surface area contributed by atoms with E-state index in [2.05, 4.69) is 29.7 Å². The zero-order valence-electron chi connectivity index (χ0n) is 20.2. The Kier molecular flexibility index (Phi) is 8.67. The fourth-order valence-electron chi connectivity index (χ4n) is 3.90. The number of nitrogens with zero attached hydrogens (tertiary/aromatic N) is 1. The molecule has 2 amide bonds. The largest absolute Gasteiger partial charge is 0.505 e. The molecule has 3 rings (SSSR count). The normalized spacial score (nSPS) is 11.5. The maximum absolute atomic E-state index is 12.8. The Balaban J connectivity index is 1.85. The molecule has 0 unspecified atom stereocenters. The lowest BCUT2D eigenvalue weighted by atomic mass is 9.95. The molecule has 1 atom stereocenters. The quantitative estimate of drug-likeness (QED) is 0.403. The molecule has 0 radical (unpaired) electrons. The van der Waals surface area contributed by atoms with Crippen LogP contribution in [0, 0.1) is 0 Å². The molecule has 184 valence electrons. The van der Waals surface area contributed by atoms with Gasteiger partial charge in [-0.15, -0.1) is 0 Å². The van der Waals surface area contributed by atoms with Crippen LogP contribution in [0.3, 0.4) is 0 Å². The Hall–Kier alpha value is -4.07. The van der Waals surface area contributed by atoms with Gasteiger partial charge in [0.2, 0.25) is 0 Å². The van der Waals surface area contributed by atoms with Gasteiger partial charge in [0.1, 0.15) is 5.75 Å². The molecule has 0 bridgehead atoms. The highest BCUT2D eigenvalue weighted by molar-refractivity contribution is 5.91. The monoisotopic (exact) mass is 477 g/mol. The molecule has 3 aromatic rings. The van der Waals surface area contributed by atoms with Gasteiger partial charge in [0.25, 0.3) is 5.56 Å². The number of hydrogen-bond donors (Lipinski definition) is 3. The van der Waals surface area contributed by atoms with E-state index in [0.29, 0.717) is 6.42 Å². The molecule has 0 aliphatic carbocycles. The molecule has 8 nitrogen and oxygen atoms in total. The van der Waals surface area contributed by atoms with E-state index < -0.39 is 23.6 Å². The van der Waals surface area contributed by atoms with Gasteiger partial charge in [0.05, 0.1) is 19.1 Å². The number of nitrogens with one attached hydrogen (secondary N) is 2. The number of amides is 2. The van der Waals surface area contributed by atoms with E-state index in [9.17, 15) is 19.5 Å². The van der Waals surface area contributed by atoms with Crippen LogP contribution in [0.1, 0.15) is 48.6 Å². The summed E-state index contributed by atoms with van der Waals surface area (Å²) < 4.78 is 6.34. The van der Waals surface area contributed by atoms with Gasteiger partial charge >= 0.3 is 12.0 Å². The number of carbonyl (C=O) groups is 2. The molecule has 0 saturated carbocycles. The smallest absolute Gasteiger partial charge is 0.319 e. The van der Waals surface area contributed by atoms with Crippen LogP contribution in [0.15, 0.2) is 65.6 Å². The zero-order chi connectivity index (χ0) is 25.4. The van der Waals surface area contributed by atoms with Crippen molar-refractivity contribution < 1.29 is 19.4 Å². The first kappa shape index (κ1) is 25.6. The summed E-state index contributed by atoms with van der Waals surface area (Å²) in [5.74, 6) is -0.806. The van der Waals surface area contributed by atoms with Crippen LogP contribution in [0.25, 0.3) is 0 Å². The molecule has 1 aromatic heterocycles. The van der Waals surface area contributed by atoms with Gasteiger partial charge in [0.15, 0.2) is 5.69 Å². The van der Waals surface area contributed by atoms with Crippen molar-refractivity contribution in [3.63, 3.8) is 0 Å². The SMILES string of the molecule is CCOC(=O)C[C@H](NC(=O)Nc1c(O)ccn(C)c1=O)c1cccc(Cc2ccccc2CC)c1. The zero-order valence-corrected chi connectivity index (χ0v) is 20.2. The maximum atomic E-state index is 12.8. The first-order valence-corrected chi connectivity index (χ1v) is 11.6. The van der Waals surface area contributed by atoms with E-state index in [4.69, 9.17) is 4.74 Å². The number of ether oxygens (including phenoxy) is 1. The Morgan fingerprint density at radius 3 is 2.51 bits per heavy atom. The summed E-state index contributed by atoms with van der Waals surface area (Å²) >= 11 is 0. The second-order valence-electron chi connectivity index (χ2n) is 8.20. The number of aryl methyl sites for hydroxylation is 2. The van der Waals surface area contributed by atoms with Crippen molar-refractivity contribution >= 4 is 17.7 Å². The van der Waals surface area contributed by atoms with Gasteiger partial charge in [-0.2, -0.15) is 0 Å². The number of aromatic hydroxyl groups is 1. The number of urea groups is 1. The lowest BCUT2D eigenvalue weighted by Gasteiger charge is -2.20. The van der Waals surface area contributed by atoms with Crippen molar-refractivity contribution in [3.05, 3.63) is 93.4 Å². The van der Waals surface area contributed by atoms with Crippen molar-refractivity contribution in [3.8, 4) is 5.75 Å². The molecule has 0 aliphatic rings. The molecule has 0 spiro atoms. The van der Waals surface area contributed by atoms with Crippen LogP contribution in [0.2, 0.25) is 0 Å². The van der Waals surface area contributed by atoms with Crippen LogP contribution >= 0.6 is 0 Å². The summed E-state index contributed by atoms with van der Waals surface area (Å²) in [6, 6.07) is 15.8. The highest BCUT2D eigenvalue weighted by Crippen LogP contribution is 2.23. The van der Waals surface area contributed by atoms with E-state index in [-0.39, 0.29) is 24.5 Å². The first-order valence-electron chi connectivity index (χ1n) is 11.6. The number of carbonyl (C=O) groups excluding carboxylic acids is 2. The van der Waals surface area contributed by atoms with Crippen LogP contribution in [0.5, 0.6) is 5.75 Å². The molecule has 0 aliphatic heterocycles.